The number of nitrogens with zero attached hydrogens (tertiary/aromatic N) is 4. The van der Waals surface area contributed by atoms with Gasteiger partial charge in [-0.15, -0.1) is 5.10 Å². The minimum Gasteiger partial charge on any atom is -0.392 e. The first-order chi connectivity index (χ1) is 16.7. The van der Waals surface area contributed by atoms with E-state index in [-0.39, 0.29) is 6.61 Å². The number of aromatic nitrogens is 5. The molecule has 0 saturated heterocycles. The summed E-state index contributed by atoms with van der Waals surface area (Å²) < 4.78 is 0. The highest BCUT2D eigenvalue weighted by Gasteiger charge is 2.16. The topological polar surface area (TPSA) is 87.6 Å². The highest BCUT2D eigenvalue weighted by atomic mass is 16.3. The molecule has 6 nitrogen and oxygen atoms in total. The smallest absolute Gasteiger partial charge is 0.180 e. The predicted molar refractivity (Wildman–Crippen MR) is 134 cm³/mol. The van der Waals surface area contributed by atoms with E-state index in [1.807, 2.05) is 18.2 Å². The predicted octanol–water partition coefficient (Wildman–Crippen LogP) is 5.43. The Hall–Kier alpha value is -3.90. The van der Waals surface area contributed by atoms with E-state index in [9.17, 15) is 5.11 Å². The molecule has 0 aliphatic carbocycles. The maximum absolute atomic E-state index is 10.3. The Balaban J connectivity index is 1.53. The standard InChI is InChI=1S/C28H27N5O/c1-3-6-26-24(25(17-34)23-15-18(2)9-14-27(23)29-26)16-19-10-12-20(13-11-19)21-7-4-5-8-22(21)28-30-32-33-31-28/h4-5,7-15,34H,3,6,16-17H2,1-2H3,(H,30,31,32,33). The van der Waals surface area contributed by atoms with Gasteiger partial charge in [-0.25, -0.2) is 5.10 Å². The molecule has 0 saturated carbocycles. The molecule has 0 atom stereocenters. The van der Waals surface area contributed by atoms with Crippen LogP contribution in [0.4, 0.5) is 0 Å². The lowest BCUT2D eigenvalue weighted by Crippen LogP contribution is -2.06. The minimum atomic E-state index is 0.00516. The normalized spacial score (nSPS) is 11.3. The maximum Gasteiger partial charge on any atom is 0.180 e. The number of hydrogen-bond donors (Lipinski definition) is 2. The van der Waals surface area contributed by atoms with Gasteiger partial charge in [0, 0.05) is 16.6 Å². The zero-order valence-corrected chi connectivity index (χ0v) is 19.4. The first kappa shape index (κ1) is 21.9. The van der Waals surface area contributed by atoms with Crippen LogP contribution in [0, 0.1) is 6.92 Å². The fourth-order valence-electron chi connectivity index (χ4n) is 4.59. The van der Waals surface area contributed by atoms with E-state index in [0.29, 0.717) is 5.82 Å². The number of aryl methyl sites for hydroxylation is 2. The lowest BCUT2D eigenvalue weighted by molar-refractivity contribution is 0.282. The van der Waals surface area contributed by atoms with Crippen LogP contribution in [0.2, 0.25) is 0 Å². The van der Waals surface area contributed by atoms with Crippen molar-refractivity contribution < 1.29 is 5.11 Å². The van der Waals surface area contributed by atoms with Gasteiger partial charge in [0.25, 0.3) is 0 Å². The first-order valence-corrected chi connectivity index (χ1v) is 11.6. The Morgan fingerprint density at radius 3 is 2.41 bits per heavy atom. The van der Waals surface area contributed by atoms with Crippen LogP contribution in [0.5, 0.6) is 0 Å². The molecule has 0 bridgehead atoms. The molecule has 3 aromatic carbocycles. The Morgan fingerprint density at radius 2 is 1.71 bits per heavy atom. The zero-order valence-electron chi connectivity index (χ0n) is 19.4. The van der Waals surface area contributed by atoms with Gasteiger partial charge in [0.1, 0.15) is 0 Å². The second-order valence-electron chi connectivity index (χ2n) is 8.61. The molecule has 2 heterocycles. The maximum atomic E-state index is 10.3. The average Bonchev–Trinajstić information content (AvgIpc) is 3.40. The van der Waals surface area contributed by atoms with E-state index >= 15 is 0 Å². The summed E-state index contributed by atoms with van der Waals surface area (Å²) in [7, 11) is 0. The molecule has 0 unspecified atom stereocenters. The second kappa shape index (κ2) is 9.53. The van der Waals surface area contributed by atoms with Crippen LogP contribution in [-0.2, 0) is 19.4 Å². The van der Waals surface area contributed by atoms with Crippen LogP contribution in [-0.4, -0.2) is 30.7 Å². The summed E-state index contributed by atoms with van der Waals surface area (Å²) >= 11 is 0. The Bertz CT molecular complexity index is 1430. The summed E-state index contributed by atoms with van der Waals surface area (Å²) in [5.41, 5.74) is 9.64. The number of rotatable bonds is 7. The van der Waals surface area contributed by atoms with Crippen LogP contribution in [0.1, 0.15) is 41.3 Å². The molecule has 0 spiro atoms. The Morgan fingerprint density at radius 1 is 0.912 bits per heavy atom. The monoisotopic (exact) mass is 449 g/mol. The van der Waals surface area contributed by atoms with Crippen LogP contribution in [0.25, 0.3) is 33.4 Å². The molecule has 5 rings (SSSR count). The van der Waals surface area contributed by atoms with Crippen LogP contribution in [0.3, 0.4) is 0 Å². The van der Waals surface area contributed by atoms with Gasteiger partial charge >= 0.3 is 0 Å². The van der Waals surface area contributed by atoms with Crippen molar-refractivity contribution in [1.82, 2.24) is 25.6 Å². The van der Waals surface area contributed by atoms with Gasteiger partial charge in [-0.05, 0) is 70.1 Å². The number of aliphatic hydroxyl groups is 1. The Kier molecular flexibility index (Phi) is 6.14. The fourth-order valence-corrected chi connectivity index (χ4v) is 4.59. The van der Waals surface area contributed by atoms with Gasteiger partial charge in [-0.2, -0.15) is 0 Å². The molecule has 2 aromatic heterocycles. The molecular weight excluding hydrogens is 422 g/mol. The number of aromatic amines is 1. The van der Waals surface area contributed by atoms with Crippen molar-refractivity contribution in [3.8, 4) is 22.5 Å². The number of H-pyrrole nitrogens is 1. The molecule has 6 heteroatoms. The van der Waals surface area contributed by atoms with Crippen molar-refractivity contribution in [3.63, 3.8) is 0 Å². The van der Waals surface area contributed by atoms with Gasteiger partial charge in [-0.1, -0.05) is 73.5 Å². The van der Waals surface area contributed by atoms with E-state index in [0.717, 1.165) is 63.7 Å². The Labute approximate surface area is 198 Å². The summed E-state index contributed by atoms with van der Waals surface area (Å²) in [6.45, 7) is 4.25. The van der Waals surface area contributed by atoms with Crippen molar-refractivity contribution in [2.24, 2.45) is 0 Å². The number of hydrogen-bond acceptors (Lipinski definition) is 5. The molecule has 0 fully saturated rings. The van der Waals surface area contributed by atoms with Gasteiger partial charge in [0.2, 0.25) is 0 Å². The average molecular weight is 450 g/mol. The number of fused-ring (bicyclic) bond motifs is 1. The first-order valence-electron chi connectivity index (χ1n) is 11.6. The minimum absolute atomic E-state index is 0.00516. The summed E-state index contributed by atoms with van der Waals surface area (Å²) in [4.78, 5) is 4.98. The summed E-state index contributed by atoms with van der Waals surface area (Å²) in [6.07, 6.45) is 2.63. The van der Waals surface area contributed by atoms with Crippen molar-refractivity contribution in [2.75, 3.05) is 0 Å². The van der Waals surface area contributed by atoms with Crippen LogP contribution in [0.15, 0.2) is 66.7 Å². The van der Waals surface area contributed by atoms with Gasteiger partial charge < -0.3 is 5.11 Å². The van der Waals surface area contributed by atoms with Crippen molar-refractivity contribution in [2.45, 2.75) is 39.7 Å². The summed E-state index contributed by atoms with van der Waals surface area (Å²) in [5, 5.41) is 25.7. The second-order valence-corrected chi connectivity index (χ2v) is 8.61. The highest BCUT2D eigenvalue weighted by Crippen LogP contribution is 2.31. The number of aliphatic hydroxyl groups excluding tert-OH is 1. The quantitative estimate of drug-likeness (QED) is 0.346. The molecule has 34 heavy (non-hydrogen) atoms. The zero-order chi connectivity index (χ0) is 23.5. The lowest BCUT2D eigenvalue weighted by Gasteiger charge is -2.17. The third-order valence-corrected chi connectivity index (χ3v) is 6.26. The van der Waals surface area contributed by atoms with Gasteiger partial charge in [0.05, 0.1) is 12.1 Å². The molecule has 2 N–H and O–H groups in total. The number of nitrogens with one attached hydrogen (secondary N) is 1. The molecular formula is C28H27N5O. The van der Waals surface area contributed by atoms with Crippen molar-refractivity contribution in [3.05, 3.63) is 94.7 Å². The van der Waals surface area contributed by atoms with E-state index in [4.69, 9.17) is 4.98 Å². The van der Waals surface area contributed by atoms with Crippen LogP contribution < -0.4 is 0 Å². The van der Waals surface area contributed by atoms with Gasteiger partial charge in [0.15, 0.2) is 5.82 Å². The van der Waals surface area contributed by atoms with E-state index < -0.39 is 0 Å². The molecule has 0 aliphatic rings. The van der Waals surface area contributed by atoms with E-state index in [2.05, 4.69) is 83.0 Å². The third kappa shape index (κ3) is 4.20. The number of tetrazole rings is 1. The number of pyridine rings is 1. The highest BCUT2D eigenvalue weighted by molar-refractivity contribution is 5.85. The third-order valence-electron chi connectivity index (χ3n) is 6.26. The van der Waals surface area contributed by atoms with Crippen molar-refractivity contribution >= 4 is 10.9 Å². The molecule has 170 valence electrons. The molecule has 5 aromatic rings. The molecule has 0 aliphatic heterocycles. The van der Waals surface area contributed by atoms with E-state index in [1.54, 1.807) is 0 Å². The summed E-state index contributed by atoms with van der Waals surface area (Å²) in [6, 6.07) is 22.9. The molecule has 0 amide bonds. The largest absolute Gasteiger partial charge is 0.392 e. The fraction of sp³-hybridized carbons (Fsp3) is 0.214. The van der Waals surface area contributed by atoms with E-state index in [1.165, 1.54) is 11.1 Å². The SMILES string of the molecule is CCCc1nc2ccc(C)cc2c(CO)c1Cc1ccc(-c2ccccc2-c2nnn[nH]2)cc1. The van der Waals surface area contributed by atoms with Gasteiger partial charge in [-0.3, -0.25) is 4.98 Å². The lowest BCUT2D eigenvalue weighted by atomic mass is 9.92. The van der Waals surface area contributed by atoms with Crippen molar-refractivity contribution in [1.29, 1.82) is 0 Å². The van der Waals surface area contributed by atoms with Crippen LogP contribution >= 0.6 is 0 Å². The number of benzene rings is 3. The summed E-state index contributed by atoms with van der Waals surface area (Å²) in [5.74, 6) is 0.647. The molecule has 0 radical (unpaired) electrons.